The number of carbonyl (C=O) groups is 2. The lowest BCUT2D eigenvalue weighted by Crippen LogP contribution is -2.48. The third-order valence-corrected chi connectivity index (χ3v) is 6.59. The Bertz CT molecular complexity index is 1200. The van der Waals surface area contributed by atoms with E-state index >= 15 is 0 Å². The fraction of sp³-hybridized carbons (Fsp3) is 0.259. The zero-order valence-electron chi connectivity index (χ0n) is 19.1. The second-order valence-electron chi connectivity index (χ2n) is 8.14. The average Bonchev–Trinajstić information content (AvgIpc) is 3.54. The third-order valence-electron chi connectivity index (χ3n) is 5.72. The maximum absolute atomic E-state index is 13.1. The summed E-state index contributed by atoms with van der Waals surface area (Å²) >= 11 is 1.35. The van der Waals surface area contributed by atoms with Crippen LogP contribution in [0.15, 0.2) is 78.3 Å². The lowest BCUT2D eigenvalue weighted by atomic mass is 10.0. The molecule has 0 saturated heterocycles. The largest absolute Gasteiger partial charge is 0.374 e. The Morgan fingerprint density at radius 2 is 1.82 bits per heavy atom. The van der Waals surface area contributed by atoms with E-state index in [0.29, 0.717) is 30.9 Å². The summed E-state index contributed by atoms with van der Waals surface area (Å²) < 4.78 is 5.89. The van der Waals surface area contributed by atoms with E-state index in [1.165, 1.54) is 11.3 Å². The van der Waals surface area contributed by atoms with Gasteiger partial charge in [-0.3, -0.25) is 9.59 Å². The second kappa shape index (κ2) is 11.6. The highest BCUT2D eigenvalue weighted by atomic mass is 32.1. The summed E-state index contributed by atoms with van der Waals surface area (Å²) in [5.41, 5.74) is 3.12. The Hall–Kier alpha value is -3.42. The van der Waals surface area contributed by atoms with Gasteiger partial charge in [0.15, 0.2) is 0 Å². The van der Waals surface area contributed by atoms with Crippen molar-refractivity contribution in [2.75, 3.05) is 13.2 Å². The van der Waals surface area contributed by atoms with Crippen LogP contribution in [0.3, 0.4) is 0 Å². The van der Waals surface area contributed by atoms with Crippen molar-refractivity contribution in [1.29, 1.82) is 0 Å². The lowest BCUT2D eigenvalue weighted by molar-refractivity contribution is -0.123. The van der Waals surface area contributed by atoms with Gasteiger partial charge in [0, 0.05) is 36.7 Å². The number of hydrogen-bond donors (Lipinski definition) is 3. The quantitative estimate of drug-likeness (QED) is 0.271. The van der Waals surface area contributed by atoms with Crippen LogP contribution >= 0.6 is 11.3 Å². The predicted octanol–water partition coefficient (Wildman–Crippen LogP) is 4.85. The highest BCUT2D eigenvalue weighted by Gasteiger charge is 2.23. The van der Waals surface area contributed by atoms with Crippen molar-refractivity contribution in [1.82, 2.24) is 15.6 Å². The van der Waals surface area contributed by atoms with E-state index in [9.17, 15) is 9.59 Å². The smallest absolute Gasteiger partial charge is 0.262 e. The molecule has 3 N–H and O–H groups in total. The molecule has 0 bridgehead atoms. The number of rotatable bonds is 11. The molecule has 34 heavy (non-hydrogen) atoms. The van der Waals surface area contributed by atoms with Crippen molar-refractivity contribution < 1.29 is 14.3 Å². The van der Waals surface area contributed by atoms with Gasteiger partial charge in [-0.25, -0.2) is 0 Å². The summed E-state index contributed by atoms with van der Waals surface area (Å²) in [4.78, 5) is 29.6. The van der Waals surface area contributed by atoms with E-state index in [2.05, 4.69) is 15.6 Å². The highest BCUT2D eigenvalue weighted by molar-refractivity contribution is 7.12. The second-order valence-corrected chi connectivity index (χ2v) is 9.08. The van der Waals surface area contributed by atoms with Gasteiger partial charge in [0.2, 0.25) is 5.91 Å². The van der Waals surface area contributed by atoms with Gasteiger partial charge in [0.25, 0.3) is 5.91 Å². The predicted molar refractivity (Wildman–Crippen MR) is 136 cm³/mol. The molecule has 0 spiro atoms. The molecule has 6 nitrogen and oxygen atoms in total. The molecule has 0 saturated carbocycles. The Morgan fingerprint density at radius 1 is 1.03 bits per heavy atom. The molecule has 0 aliphatic rings. The maximum atomic E-state index is 13.1. The zero-order valence-corrected chi connectivity index (χ0v) is 19.9. The van der Waals surface area contributed by atoms with Gasteiger partial charge in [0.1, 0.15) is 6.04 Å². The number of hydrogen-bond acceptors (Lipinski definition) is 4. The summed E-state index contributed by atoms with van der Waals surface area (Å²) in [6, 6.07) is 20.9. The molecule has 176 valence electrons. The fourth-order valence-corrected chi connectivity index (χ4v) is 4.48. The first-order valence-electron chi connectivity index (χ1n) is 11.5. The van der Waals surface area contributed by atoms with Crippen LogP contribution in [-0.2, 0) is 16.0 Å². The minimum atomic E-state index is -0.682. The molecular weight excluding hydrogens is 446 g/mol. The van der Waals surface area contributed by atoms with Crippen molar-refractivity contribution >= 4 is 34.1 Å². The number of H-pyrrole nitrogens is 1. The van der Waals surface area contributed by atoms with Crippen LogP contribution in [-0.4, -0.2) is 36.0 Å². The Morgan fingerprint density at radius 3 is 2.62 bits per heavy atom. The van der Waals surface area contributed by atoms with Crippen molar-refractivity contribution in [3.8, 4) is 0 Å². The zero-order chi connectivity index (χ0) is 23.8. The minimum Gasteiger partial charge on any atom is -0.374 e. The van der Waals surface area contributed by atoms with E-state index in [1.54, 1.807) is 6.07 Å². The number of para-hydroxylation sites is 1. The van der Waals surface area contributed by atoms with Gasteiger partial charge in [-0.05, 0) is 42.0 Å². The van der Waals surface area contributed by atoms with Gasteiger partial charge in [-0.2, -0.15) is 0 Å². The Balaban J connectivity index is 1.34. The molecule has 0 aliphatic heterocycles. The number of nitrogens with one attached hydrogen (secondary N) is 3. The van der Waals surface area contributed by atoms with Gasteiger partial charge in [-0.15, -0.1) is 11.3 Å². The topological polar surface area (TPSA) is 83.2 Å². The van der Waals surface area contributed by atoms with Crippen LogP contribution in [0.4, 0.5) is 0 Å². The number of ether oxygens (including phenoxy) is 1. The standard InChI is InChI=1S/C27H29N3O3S/c1-19(20-9-3-2-4-10-20)33-15-8-14-28-26(31)24(30-27(32)25-13-7-16-34-25)17-21-18-29-23-12-6-5-11-22(21)23/h2-7,9-13,16,18-19,24,29H,8,14-15,17H2,1H3,(H,28,31)(H,30,32). The molecule has 2 aromatic heterocycles. The first kappa shape index (κ1) is 23.7. The van der Waals surface area contributed by atoms with Crippen LogP contribution in [0.25, 0.3) is 10.9 Å². The molecule has 0 aliphatic carbocycles. The van der Waals surface area contributed by atoms with Crippen molar-refractivity contribution in [2.45, 2.75) is 31.9 Å². The molecule has 4 aromatic rings. The van der Waals surface area contributed by atoms with Crippen LogP contribution in [0.1, 0.15) is 40.2 Å². The van der Waals surface area contributed by atoms with Crippen LogP contribution < -0.4 is 10.6 Å². The van der Waals surface area contributed by atoms with Gasteiger partial charge >= 0.3 is 0 Å². The lowest BCUT2D eigenvalue weighted by Gasteiger charge is -2.18. The summed E-state index contributed by atoms with van der Waals surface area (Å²) in [5, 5.41) is 8.78. The third kappa shape index (κ3) is 6.12. The van der Waals surface area contributed by atoms with Crippen LogP contribution in [0.5, 0.6) is 0 Å². The SMILES string of the molecule is CC(OCCCNC(=O)C(Cc1c[nH]c2ccccc12)NC(=O)c1cccs1)c1ccccc1. The first-order chi connectivity index (χ1) is 16.6. The number of fused-ring (bicyclic) bond motifs is 1. The molecule has 2 unspecified atom stereocenters. The van der Waals surface area contributed by atoms with E-state index in [0.717, 1.165) is 22.0 Å². The molecule has 7 heteroatoms. The van der Waals surface area contributed by atoms with Crippen molar-refractivity contribution in [3.63, 3.8) is 0 Å². The van der Waals surface area contributed by atoms with E-state index < -0.39 is 6.04 Å². The summed E-state index contributed by atoms with van der Waals surface area (Å²) in [5.74, 6) is -0.443. The van der Waals surface area contributed by atoms with E-state index in [4.69, 9.17) is 4.74 Å². The molecule has 2 amide bonds. The summed E-state index contributed by atoms with van der Waals surface area (Å²) in [6.45, 7) is 3.02. The normalized spacial score (nSPS) is 12.9. The molecule has 0 fully saturated rings. The number of amides is 2. The molecule has 2 atom stereocenters. The summed E-state index contributed by atoms with van der Waals surface area (Å²) in [6.07, 6.45) is 2.98. The van der Waals surface area contributed by atoms with Gasteiger partial charge in [-0.1, -0.05) is 54.6 Å². The molecule has 4 rings (SSSR count). The minimum absolute atomic E-state index is 0.00314. The monoisotopic (exact) mass is 475 g/mol. The first-order valence-corrected chi connectivity index (χ1v) is 12.3. The van der Waals surface area contributed by atoms with Crippen molar-refractivity contribution in [2.24, 2.45) is 0 Å². The molecule has 0 radical (unpaired) electrons. The Labute approximate surface area is 203 Å². The van der Waals surface area contributed by atoms with Crippen LogP contribution in [0, 0.1) is 0 Å². The summed E-state index contributed by atoms with van der Waals surface area (Å²) in [7, 11) is 0. The number of thiophene rings is 1. The van der Waals surface area contributed by atoms with Crippen LogP contribution in [0.2, 0.25) is 0 Å². The number of aromatic nitrogens is 1. The molecule has 2 aromatic carbocycles. The average molecular weight is 476 g/mol. The Kier molecular flexibility index (Phi) is 8.12. The van der Waals surface area contributed by atoms with E-state index in [1.807, 2.05) is 79.2 Å². The number of carbonyl (C=O) groups excluding carboxylic acids is 2. The molecular formula is C27H29N3O3S. The van der Waals surface area contributed by atoms with Gasteiger partial charge in [0.05, 0.1) is 11.0 Å². The number of aromatic amines is 1. The molecule has 2 heterocycles. The fourth-order valence-electron chi connectivity index (χ4n) is 3.85. The highest BCUT2D eigenvalue weighted by Crippen LogP contribution is 2.20. The van der Waals surface area contributed by atoms with E-state index in [-0.39, 0.29) is 17.9 Å². The number of benzene rings is 2. The van der Waals surface area contributed by atoms with Gasteiger partial charge < -0.3 is 20.4 Å². The maximum Gasteiger partial charge on any atom is 0.262 e. The van der Waals surface area contributed by atoms with Crippen molar-refractivity contribution in [3.05, 3.63) is 94.3 Å².